The van der Waals surface area contributed by atoms with Gasteiger partial charge < -0.3 is 0 Å². The Labute approximate surface area is 142 Å². The second-order valence-corrected chi connectivity index (χ2v) is 8.05. The highest BCUT2D eigenvalue weighted by Crippen LogP contribution is 2.54. The fourth-order valence-corrected chi connectivity index (χ4v) is 4.44. The number of allylic oxidation sites excluding steroid dienone is 2. The summed E-state index contributed by atoms with van der Waals surface area (Å²) in [6.45, 7) is -0.601. The molecule has 1 heterocycles. The third-order valence-corrected chi connectivity index (χ3v) is 6.06. The van der Waals surface area contributed by atoms with Gasteiger partial charge in [0, 0.05) is 6.92 Å². The van der Waals surface area contributed by atoms with E-state index in [1.54, 1.807) is 12.2 Å². The van der Waals surface area contributed by atoms with Crippen molar-refractivity contribution in [3.63, 3.8) is 0 Å². The van der Waals surface area contributed by atoms with E-state index in [0.717, 1.165) is 0 Å². The van der Waals surface area contributed by atoms with Gasteiger partial charge >= 0.3 is 27.2 Å². The summed E-state index contributed by atoms with van der Waals surface area (Å²) in [4.78, 5) is 24.3. The SMILES string of the molecule is CC(F)(F)C(F)(F)C(F)(F)S(=O)(=O)ON1C(=O)C2C3C=CC(C3)C2C1=O. The molecule has 0 aromatic carbocycles. The summed E-state index contributed by atoms with van der Waals surface area (Å²) in [5.41, 5.74) is 0. The molecule has 0 spiro atoms. The molecule has 0 N–H and O–H groups in total. The predicted molar refractivity (Wildman–Crippen MR) is 70.1 cm³/mol. The number of halogens is 6. The van der Waals surface area contributed by atoms with Crippen molar-refractivity contribution in [2.45, 2.75) is 30.4 Å². The Hall–Kier alpha value is -1.63. The van der Waals surface area contributed by atoms with E-state index in [-0.39, 0.29) is 0 Å². The quantitative estimate of drug-likeness (QED) is 0.395. The lowest BCUT2D eigenvalue weighted by molar-refractivity contribution is -0.275. The Kier molecular flexibility index (Phi) is 3.84. The van der Waals surface area contributed by atoms with Crippen molar-refractivity contribution in [1.82, 2.24) is 5.06 Å². The van der Waals surface area contributed by atoms with Crippen LogP contribution in [-0.2, 0) is 24.0 Å². The second kappa shape index (κ2) is 5.21. The van der Waals surface area contributed by atoms with Crippen LogP contribution in [0.25, 0.3) is 0 Å². The molecule has 4 atom stereocenters. The van der Waals surface area contributed by atoms with Gasteiger partial charge in [0.05, 0.1) is 11.8 Å². The van der Waals surface area contributed by atoms with Crippen LogP contribution in [0.1, 0.15) is 13.3 Å². The van der Waals surface area contributed by atoms with Crippen LogP contribution in [0, 0.1) is 23.7 Å². The normalized spacial score (nSPS) is 31.9. The van der Waals surface area contributed by atoms with Crippen molar-refractivity contribution >= 4 is 21.9 Å². The second-order valence-electron chi connectivity index (χ2n) is 6.48. The van der Waals surface area contributed by atoms with Gasteiger partial charge in [-0.2, -0.15) is 34.8 Å². The van der Waals surface area contributed by atoms with Crippen LogP contribution in [0.15, 0.2) is 12.2 Å². The number of hydrogen-bond acceptors (Lipinski definition) is 5. The molecule has 0 aromatic rings. The number of hydroxylamine groups is 2. The average Bonchev–Trinajstić information content (AvgIpc) is 3.15. The number of alkyl halides is 6. The molecule has 3 aliphatic rings. The van der Waals surface area contributed by atoms with E-state index in [1.165, 1.54) is 0 Å². The molecule has 2 fully saturated rings. The summed E-state index contributed by atoms with van der Waals surface area (Å²) in [5, 5.41) is -6.93. The number of nitrogens with zero attached hydrogens (tertiary/aromatic N) is 1. The van der Waals surface area contributed by atoms with Crippen molar-refractivity contribution < 1.29 is 48.6 Å². The van der Waals surface area contributed by atoms with E-state index in [1.807, 2.05) is 0 Å². The molecule has 1 aliphatic heterocycles. The van der Waals surface area contributed by atoms with Gasteiger partial charge in [0.2, 0.25) is 0 Å². The summed E-state index contributed by atoms with van der Waals surface area (Å²) >= 11 is 0. The highest BCUT2D eigenvalue weighted by atomic mass is 32.2. The number of imide groups is 1. The number of hydrogen-bond donors (Lipinski definition) is 0. The zero-order valence-electron chi connectivity index (χ0n) is 12.8. The van der Waals surface area contributed by atoms with Gasteiger partial charge in [0.15, 0.2) is 0 Å². The van der Waals surface area contributed by atoms with Crippen molar-refractivity contribution in [2.24, 2.45) is 23.7 Å². The van der Waals surface area contributed by atoms with Gasteiger partial charge in [0.25, 0.3) is 11.8 Å². The molecule has 6 nitrogen and oxygen atoms in total. The van der Waals surface area contributed by atoms with E-state index in [9.17, 15) is 44.3 Å². The molecule has 4 unspecified atom stereocenters. The van der Waals surface area contributed by atoms with Gasteiger partial charge in [-0.25, -0.2) is 0 Å². The van der Waals surface area contributed by atoms with Crippen LogP contribution in [0.5, 0.6) is 0 Å². The standard InChI is InChI=1S/C13H11F6NO5S/c1-11(14,15)12(16,17)13(18,19)26(23,24)25-20-9(21)7-5-2-3-6(4-5)8(7)10(20)22/h2-3,5-8H,4H2,1H3. The van der Waals surface area contributed by atoms with E-state index in [4.69, 9.17) is 0 Å². The summed E-state index contributed by atoms with van der Waals surface area (Å²) in [5.74, 6) is -17.4. The van der Waals surface area contributed by atoms with Gasteiger partial charge in [-0.05, 0) is 18.3 Å². The molecule has 2 bridgehead atoms. The molecule has 13 heteroatoms. The highest BCUT2D eigenvalue weighted by Gasteiger charge is 2.77. The number of carbonyl (C=O) groups excluding carboxylic acids is 2. The van der Waals surface area contributed by atoms with E-state index in [0.29, 0.717) is 6.42 Å². The number of carbonyl (C=O) groups is 2. The molecule has 0 aromatic heterocycles. The molecule has 0 radical (unpaired) electrons. The van der Waals surface area contributed by atoms with Gasteiger partial charge in [-0.3, -0.25) is 9.59 Å². The highest BCUT2D eigenvalue weighted by molar-refractivity contribution is 7.87. The van der Waals surface area contributed by atoms with E-state index < -0.39 is 74.7 Å². The number of amides is 2. The molecule has 26 heavy (non-hydrogen) atoms. The lowest BCUT2D eigenvalue weighted by Gasteiger charge is -2.30. The van der Waals surface area contributed by atoms with Crippen LogP contribution in [-0.4, -0.2) is 42.4 Å². The minimum Gasteiger partial charge on any atom is -0.272 e. The van der Waals surface area contributed by atoms with Crippen LogP contribution in [0.3, 0.4) is 0 Å². The number of fused-ring (bicyclic) bond motifs is 5. The smallest absolute Gasteiger partial charge is 0.272 e. The fraction of sp³-hybridized carbons (Fsp3) is 0.692. The summed E-state index contributed by atoms with van der Waals surface area (Å²) < 4.78 is 106. The van der Waals surface area contributed by atoms with Crippen molar-refractivity contribution in [3.05, 3.63) is 12.2 Å². The minimum atomic E-state index is -6.79. The maximum Gasteiger partial charge on any atom is 0.440 e. The molecule has 2 aliphatic carbocycles. The van der Waals surface area contributed by atoms with Gasteiger partial charge in [-0.1, -0.05) is 12.2 Å². The van der Waals surface area contributed by atoms with Crippen molar-refractivity contribution in [2.75, 3.05) is 0 Å². The number of rotatable bonds is 5. The molecule has 3 rings (SSSR count). The van der Waals surface area contributed by atoms with Crippen molar-refractivity contribution in [3.8, 4) is 0 Å². The van der Waals surface area contributed by atoms with Gasteiger partial charge in [-0.15, -0.1) is 9.35 Å². The summed E-state index contributed by atoms with van der Waals surface area (Å²) in [7, 11) is -6.79. The van der Waals surface area contributed by atoms with Crippen LogP contribution in [0.4, 0.5) is 26.3 Å². The van der Waals surface area contributed by atoms with Crippen molar-refractivity contribution in [1.29, 1.82) is 0 Å². The topological polar surface area (TPSA) is 80.8 Å². The van der Waals surface area contributed by atoms with Crippen LogP contribution < -0.4 is 0 Å². The Morgan fingerprint density at radius 2 is 1.42 bits per heavy atom. The molecule has 2 amide bonds. The maximum atomic E-state index is 13.6. The third-order valence-electron chi connectivity index (χ3n) is 4.83. The molecular weight excluding hydrogens is 396 g/mol. The van der Waals surface area contributed by atoms with E-state index >= 15 is 0 Å². The molecule has 1 saturated heterocycles. The van der Waals surface area contributed by atoms with Crippen LogP contribution >= 0.6 is 0 Å². The zero-order chi connectivity index (χ0) is 19.9. The molecular formula is C13H11F6NO5S. The monoisotopic (exact) mass is 407 g/mol. The summed E-state index contributed by atoms with van der Waals surface area (Å²) in [6, 6.07) is 0. The average molecular weight is 407 g/mol. The molecule has 1 saturated carbocycles. The molecule has 146 valence electrons. The predicted octanol–water partition coefficient (Wildman–Crippen LogP) is 1.94. The van der Waals surface area contributed by atoms with Crippen LogP contribution in [0.2, 0.25) is 0 Å². The lowest BCUT2D eigenvalue weighted by Crippen LogP contribution is -2.58. The Morgan fingerprint density at radius 3 is 1.81 bits per heavy atom. The first-order valence-electron chi connectivity index (χ1n) is 7.27. The largest absolute Gasteiger partial charge is 0.440 e. The van der Waals surface area contributed by atoms with E-state index in [2.05, 4.69) is 4.28 Å². The first kappa shape index (κ1) is 19.1. The third kappa shape index (κ3) is 2.25. The zero-order valence-corrected chi connectivity index (χ0v) is 13.7. The Bertz CT molecular complexity index is 774. The first-order valence-corrected chi connectivity index (χ1v) is 8.68. The Balaban J connectivity index is 1.89. The fourth-order valence-electron chi connectivity index (χ4n) is 3.51. The summed E-state index contributed by atoms with van der Waals surface area (Å²) in [6.07, 6.45) is 3.61. The minimum absolute atomic E-state index is 0.420. The Morgan fingerprint density at radius 1 is 1.00 bits per heavy atom. The first-order chi connectivity index (χ1) is 11.6. The lowest BCUT2D eigenvalue weighted by atomic mass is 9.85. The maximum absolute atomic E-state index is 13.6. The van der Waals surface area contributed by atoms with Gasteiger partial charge in [0.1, 0.15) is 0 Å².